The van der Waals surface area contributed by atoms with Crippen LogP contribution in [0.2, 0.25) is 0 Å². The molecule has 1 aliphatic carbocycles. The number of carbonyl (C=O) groups excluding carboxylic acids is 2. The maximum atomic E-state index is 13.2. The van der Waals surface area contributed by atoms with Crippen LogP contribution in [-0.2, 0) is 22.4 Å². The van der Waals surface area contributed by atoms with E-state index in [1.54, 1.807) is 12.1 Å². The molecule has 154 valence electrons. The summed E-state index contributed by atoms with van der Waals surface area (Å²) in [5.74, 6) is 0.359. The average molecular weight is 479 g/mol. The van der Waals surface area contributed by atoms with Gasteiger partial charge in [0, 0.05) is 22.4 Å². The molecule has 0 saturated carbocycles. The van der Waals surface area contributed by atoms with E-state index in [4.69, 9.17) is 9.47 Å². The van der Waals surface area contributed by atoms with Gasteiger partial charge in [0.05, 0.1) is 18.8 Å². The second kappa shape index (κ2) is 9.28. The maximum absolute atomic E-state index is 13.2. The van der Waals surface area contributed by atoms with E-state index in [-0.39, 0.29) is 18.4 Å². The molecule has 1 aromatic carbocycles. The quantitative estimate of drug-likeness (QED) is 0.707. The molecule has 1 saturated heterocycles. The molecule has 0 bridgehead atoms. The molecular formula is C21H23BrN2O4S. The molecule has 1 N–H and O–H groups in total. The number of thiophene rings is 1. The van der Waals surface area contributed by atoms with E-state index in [0.717, 1.165) is 35.7 Å². The number of benzene rings is 1. The van der Waals surface area contributed by atoms with Crippen LogP contribution in [0.1, 0.15) is 33.6 Å². The zero-order valence-electron chi connectivity index (χ0n) is 16.0. The van der Waals surface area contributed by atoms with Gasteiger partial charge >= 0.3 is 0 Å². The molecule has 29 heavy (non-hydrogen) atoms. The standard InChI is InChI=1S/C21H23BrN2O4S/c22-14-5-7-15(8-6-14)28-13-18(25)23-20-19(16-3-1-2-4-17(16)29-20)21(26)24-9-11-27-12-10-24/h5-8H,1-4,9-13H2,(H,23,25). The van der Waals surface area contributed by atoms with Crippen molar-refractivity contribution < 1.29 is 19.1 Å². The SMILES string of the molecule is O=C(COc1ccc(Br)cc1)Nc1sc2c(c1C(=O)N1CCOCC1)CCCC2. The number of amides is 2. The molecule has 1 fully saturated rings. The number of halogens is 1. The number of morpholine rings is 1. The fraction of sp³-hybridized carbons (Fsp3) is 0.429. The molecule has 0 atom stereocenters. The lowest BCUT2D eigenvalue weighted by Gasteiger charge is -2.27. The van der Waals surface area contributed by atoms with Gasteiger partial charge in [-0.2, -0.15) is 0 Å². The van der Waals surface area contributed by atoms with Crippen molar-refractivity contribution in [2.45, 2.75) is 25.7 Å². The number of hydrogen-bond acceptors (Lipinski definition) is 5. The lowest BCUT2D eigenvalue weighted by Crippen LogP contribution is -2.41. The Bertz CT molecular complexity index is 891. The fourth-order valence-corrected chi connectivity index (χ4v) is 5.21. The highest BCUT2D eigenvalue weighted by Gasteiger charge is 2.30. The van der Waals surface area contributed by atoms with E-state index in [2.05, 4.69) is 21.2 Å². The second-order valence-electron chi connectivity index (χ2n) is 7.11. The molecule has 1 aliphatic heterocycles. The summed E-state index contributed by atoms with van der Waals surface area (Å²) >= 11 is 4.91. The first-order valence-corrected chi connectivity index (χ1v) is 11.4. The number of nitrogens with zero attached hydrogens (tertiary/aromatic N) is 1. The van der Waals surface area contributed by atoms with Crippen molar-refractivity contribution >= 4 is 44.1 Å². The summed E-state index contributed by atoms with van der Waals surface area (Å²) in [6.07, 6.45) is 4.06. The highest BCUT2D eigenvalue weighted by Crippen LogP contribution is 2.39. The van der Waals surface area contributed by atoms with Gasteiger partial charge in [-0.3, -0.25) is 9.59 Å². The second-order valence-corrected chi connectivity index (χ2v) is 9.13. The molecule has 0 unspecified atom stereocenters. The number of carbonyl (C=O) groups is 2. The van der Waals surface area contributed by atoms with E-state index in [0.29, 0.717) is 42.6 Å². The number of nitrogens with one attached hydrogen (secondary N) is 1. The van der Waals surface area contributed by atoms with Gasteiger partial charge in [0.1, 0.15) is 10.8 Å². The van der Waals surface area contributed by atoms with Crippen molar-refractivity contribution in [1.29, 1.82) is 0 Å². The minimum Gasteiger partial charge on any atom is -0.484 e. The van der Waals surface area contributed by atoms with Crippen LogP contribution in [0.25, 0.3) is 0 Å². The smallest absolute Gasteiger partial charge is 0.262 e. The molecule has 0 radical (unpaired) electrons. The lowest BCUT2D eigenvalue weighted by molar-refractivity contribution is -0.118. The largest absolute Gasteiger partial charge is 0.484 e. The summed E-state index contributed by atoms with van der Waals surface area (Å²) in [6.45, 7) is 2.18. The van der Waals surface area contributed by atoms with Gasteiger partial charge in [-0.25, -0.2) is 0 Å². The van der Waals surface area contributed by atoms with Crippen LogP contribution in [0.15, 0.2) is 28.7 Å². The fourth-order valence-electron chi connectivity index (χ4n) is 3.65. The Morgan fingerprint density at radius 1 is 1.14 bits per heavy atom. The van der Waals surface area contributed by atoms with Gasteiger partial charge in [0.2, 0.25) is 0 Å². The van der Waals surface area contributed by atoms with Gasteiger partial charge < -0.3 is 19.7 Å². The first-order valence-electron chi connectivity index (χ1n) is 9.81. The molecule has 2 amide bonds. The molecule has 8 heteroatoms. The van der Waals surface area contributed by atoms with Crippen molar-refractivity contribution in [2.75, 3.05) is 38.2 Å². The van der Waals surface area contributed by atoms with Gasteiger partial charge in [-0.1, -0.05) is 15.9 Å². The summed E-state index contributed by atoms with van der Waals surface area (Å²) in [5.41, 5.74) is 1.78. The zero-order valence-corrected chi connectivity index (χ0v) is 18.4. The molecule has 4 rings (SSSR count). The highest BCUT2D eigenvalue weighted by atomic mass is 79.9. The molecule has 2 aliphatic rings. The normalized spacial score (nSPS) is 16.2. The number of aryl methyl sites for hydroxylation is 1. The summed E-state index contributed by atoms with van der Waals surface area (Å²) in [5, 5.41) is 3.59. The molecule has 2 heterocycles. The Balaban J connectivity index is 1.49. The Labute approximate surface area is 182 Å². The van der Waals surface area contributed by atoms with Crippen molar-refractivity contribution in [3.8, 4) is 5.75 Å². The van der Waals surface area contributed by atoms with Crippen LogP contribution in [-0.4, -0.2) is 49.6 Å². The first-order chi connectivity index (χ1) is 14.1. The Morgan fingerprint density at radius 2 is 1.86 bits per heavy atom. The van der Waals surface area contributed by atoms with E-state index in [1.165, 1.54) is 16.2 Å². The molecule has 6 nitrogen and oxygen atoms in total. The van der Waals surface area contributed by atoms with Gasteiger partial charge in [0.15, 0.2) is 6.61 Å². The average Bonchev–Trinajstić information content (AvgIpc) is 3.11. The summed E-state index contributed by atoms with van der Waals surface area (Å²) in [4.78, 5) is 28.8. The maximum Gasteiger partial charge on any atom is 0.262 e. The van der Waals surface area contributed by atoms with Crippen LogP contribution in [0.5, 0.6) is 5.75 Å². The van der Waals surface area contributed by atoms with E-state index in [1.807, 2.05) is 17.0 Å². The van der Waals surface area contributed by atoms with Gasteiger partial charge in [0.25, 0.3) is 11.8 Å². The number of ether oxygens (including phenoxy) is 2. The van der Waals surface area contributed by atoms with Crippen LogP contribution < -0.4 is 10.1 Å². The summed E-state index contributed by atoms with van der Waals surface area (Å²) in [7, 11) is 0. The number of fused-ring (bicyclic) bond motifs is 1. The summed E-state index contributed by atoms with van der Waals surface area (Å²) in [6, 6.07) is 7.32. The highest BCUT2D eigenvalue weighted by molar-refractivity contribution is 9.10. The van der Waals surface area contributed by atoms with Crippen LogP contribution in [0.3, 0.4) is 0 Å². The Morgan fingerprint density at radius 3 is 2.62 bits per heavy atom. The van der Waals surface area contributed by atoms with Crippen LogP contribution >= 0.6 is 27.3 Å². The molecule has 2 aromatic rings. The zero-order chi connectivity index (χ0) is 20.2. The predicted molar refractivity (Wildman–Crippen MR) is 116 cm³/mol. The van der Waals surface area contributed by atoms with Crippen LogP contribution in [0.4, 0.5) is 5.00 Å². The van der Waals surface area contributed by atoms with E-state index >= 15 is 0 Å². The first kappa shape index (κ1) is 20.4. The summed E-state index contributed by atoms with van der Waals surface area (Å²) < 4.78 is 11.9. The van der Waals surface area contributed by atoms with Crippen molar-refractivity contribution in [1.82, 2.24) is 4.90 Å². The predicted octanol–water partition coefficient (Wildman–Crippen LogP) is 3.88. The monoisotopic (exact) mass is 478 g/mol. The minimum absolute atomic E-state index is 0.00294. The number of hydrogen-bond donors (Lipinski definition) is 1. The van der Waals surface area contributed by atoms with E-state index in [9.17, 15) is 9.59 Å². The van der Waals surface area contributed by atoms with Gasteiger partial charge in [-0.05, 0) is 55.5 Å². The Hall–Kier alpha value is -1.90. The number of rotatable bonds is 5. The van der Waals surface area contributed by atoms with Crippen molar-refractivity contribution in [2.24, 2.45) is 0 Å². The van der Waals surface area contributed by atoms with Crippen LogP contribution in [0, 0.1) is 0 Å². The molecular weight excluding hydrogens is 456 g/mol. The van der Waals surface area contributed by atoms with Gasteiger partial charge in [-0.15, -0.1) is 11.3 Å². The van der Waals surface area contributed by atoms with Crippen molar-refractivity contribution in [3.05, 3.63) is 44.7 Å². The molecule has 1 aromatic heterocycles. The minimum atomic E-state index is -0.262. The third-order valence-corrected chi connectivity index (χ3v) is 6.86. The number of anilines is 1. The van der Waals surface area contributed by atoms with Crippen molar-refractivity contribution in [3.63, 3.8) is 0 Å². The van der Waals surface area contributed by atoms with E-state index < -0.39 is 0 Å². The molecule has 0 spiro atoms. The Kier molecular flexibility index (Phi) is 6.52. The lowest BCUT2D eigenvalue weighted by atomic mass is 9.95. The third-order valence-electron chi connectivity index (χ3n) is 5.12. The third kappa shape index (κ3) is 4.82. The topological polar surface area (TPSA) is 67.9 Å².